The Labute approximate surface area is 163 Å². The molecule has 0 aliphatic carbocycles. The molecule has 28 heavy (non-hydrogen) atoms. The van der Waals surface area contributed by atoms with E-state index in [4.69, 9.17) is 20.3 Å². The Morgan fingerprint density at radius 2 is 1.61 bits per heavy atom. The van der Waals surface area contributed by atoms with Gasteiger partial charge < -0.3 is 25.6 Å². The van der Waals surface area contributed by atoms with Gasteiger partial charge in [0.1, 0.15) is 6.04 Å². The topological polar surface area (TPSA) is 181 Å². The second-order valence-corrected chi connectivity index (χ2v) is 5.46. The molecule has 160 valence electrons. The van der Waals surface area contributed by atoms with E-state index in [2.05, 4.69) is 20.9 Å². The number of carboxylic acid groups (broad SMARTS) is 1. The molecular formula is C16H29N5O7. The van der Waals surface area contributed by atoms with Crippen LogP contribution in [0, 0.1) is 0 Å². The summed E-state index contributed by atoms with van der Waals surface area (Å²) in [5, 5.41) is 15.9. The van der Waals surface area contributed by atoms with E-state index in [0.29, 0.717) is 19.4 Å². The number of carboxylic acids is 1. The van der Waals surface area contributed by atoms with Crippen molar-refractivity contribution in [3.05, 3.63) is 0 Å². The number of alkyl carbamates (subject to hydrolysis) is 2. The van der Waals surface area contributed by atoms with Crippen molar-refractivity contribution in [2.24, 2.45) is 10.7 Å². The van der Waals surface area contributed by atoms with Crippen LogP contribution in [0.1, 0.15) is 39.5 Å². The molecule has 0 aliphatic heterocycles. The fourth-order valence-electron chi connectivity index (χ4n) is 1.79. The third-order valence-electron chi connectivity index (χ3n) is 3.17. The van der Waals surface area contributed by atoms with Gasteiger partial charge in [0.05, 0.1) is 13.2 Å². The van der Waals surface area contributed by atoms with E-state index in [1.807, 2.05) is 0 Å². The maximum absolute atomic E-state index is 11.6. The molecular weight excluding hydrogens is 374 g/mol. The van der Waals surface area contributed by atoms with Crippen LogP contribution in [0.3, 0.4) is 0 Å². The number of amides is 3. The summed E-state index contributed by atoms with van der Waals surface area (Å²) in [6.45, 7) is 4.25. The number of nitrogens with one attached hydrogen (secondary N) is 3. The van der Waals surface area contributed by atoms with Gasteiger partial charge in [-0.05, 0) is 33.1 Å². The Bertz CT molecular complexity index is 532. The van der Waals surface area contributed by atoms with Gasteiger partial charge in [0.25, 0.3) is 0 Å². The summed E-state index contributed by atoms with van der Waals surface area (Å²) in [7, 11) is 0. The van der Waals surface area contributed by atoms with Crippen LogP contribution < -0.4 is 21.7 Å². The van der Waals surface area contributed by atoms with Crippen molar-refractivity contribution < 1.29 is 33.8 Å². The van der Waals surface area contributed by atoms with Crippen molar-refractivity contribution in [2.75, 3.05) is 26.3 Å². The van der Waals surface area contributed by atoms with E-state index >= 15 is 0 Å². The Hall–Kier alpha value is -2.89. The first kappa shape index (κ1) is 25.1. The molecule has 0 bridgehead atoms. The van der Waals surface area contributed by atoms with Gasteiger partial charge in [0.2, 0.25) is 11.9 Å². The van der Waals surface area contributed by atoms with Gasteiger partial charge in [-0.3, -0.25) is 25.2 Å². The molecule has 0 saturated carbocycles. The molecule has 0 aromatic carbocycles. The lowest BCUT2D eigenvalue weighted by Gasteiger charge is -2.10. The zero-order chi connectivity index (χ0) is 21.4. The molecule has 0 aliphatic rings. The Balaban J connectivity index is 4.21. The van der Waals surface area contributed by atoms with Crippen LogP contribution in [0.15, 0.2) is 4.99 Å². The fraction of sp³-hybridized carbons (Fsp3) is 0.688. The number of unbranched alkanes of at least 4 members (excludes halogenated alkanes) is 1. The number of rotatable bonds is 11. The monoisotopic (exact) mass is 403 g/mol. The minimum absolute atomic E-state index is 0.0304. The number of carbonyl (C=O) groups excluding carboxylic acids is 3. The first-order valence-electron chi connectivity index (χ1n) is 8.97. The molecule has 3 amide bonds. The van der Waals surface area contributed by atoms with Crippen molar-refractivity contribution in [2.45, 2.75) is 45.6 Å². The van der Waals surface area contributed by atoms with Crippen molar-refractivity contribution in [1.82, 2.24) is 16.0 Å². The predicted octanol–water partition coefficient (Wildman–Crippen LogP) is -0.0769. The third-order valence-corrected chi connectivity index (χ3v) is 3.17. The van der Waals surface area contributed by atoms with E-state index in [1.54, 1.807) is 13.8 Å². The number of carbonyl (C=O) groups is 4. The Kier molecular flexibility index (Phi) is 13.6. The second-order valence-electron chi connectivity index (χ2n) is 5.46. The highest BCUT2D eigenvalue weighted by Gasteiger charge is 2.13. The van der Waals surface area contributed by atoms with E-state index in [-0.39, 0.29) is 44.5 Å². The van der Waals surface area contributed by atoms with Gasteiger partial charge in [-0.2, -0.15) is 0 Å². The zero-order valence-electron chi connectivity index (χ0n) is 16.2. The molecule has 0 fully saturated rings. The number of hydrogen-bond acceptors (Lipinski definition) is 8. The average molecular weight is 403 g/mol. The number of hydrogen-bond donors (Lipinski definition) is 5. The van der Waals surface area contributed by atoms with Crippen molar-refractivity contribution >= 4 is 30.0 Å². The predicted molar refractivity (Wildman–Crippen MR) is 99.7 cm³/mol. The summed E-state index contributed by atoms with van der Waals surface area (Å²) in [4.78, 5) is 49.1. The Morgan fingerprint density at radius 1 is 1.04 bits per heavy atom. The molecule has 0 spiro atoms. The van der Waals surface area contributed by atoms with Crippen molar-refractivity contribution in [3.63, 3.8) is 0 Å². The minimum Gasteiger partial charge on any atom is -0.480 e. The molecule has 0 aromatic rings. The highest BCUT2D eigenvalue weighted by atomic mass is 16.6. The van der Waals surface area contributed by atoms with Gasteiger partial charge in [0, 0.05) is 19.5 Å². The van der Waals surface area contributed by atoms with Gasteiger partial charge in [-0.15, -0.1) is 0 Å². The smallest absolute Gasteiger partial charge is 0.413 e. The zero-order valence-corrected chi connectivity index (χ0v) is 16.2. The van der Waals surface area contributed by atoms with E-state index in [0.717, 1.165) is 0 Å². The standard InChI is InChI=1S/C16H29N5O7/c1-3-27-15(25)20-14(21-16(26)28-4-2)19-10-6-5-9-18-12(22)8-7-11(17)13(23)24/h11H,3-10,17H2,1-2H3,(H,18,22)(H,23,24)(H2,19,20,21,25,26). The van der Waals surface area contributed by atoms with E-state index in [1.165, 1.54) is 0 Å². The number of aliphatic carboxylic acids is 1. The molecule has 0 heterocycles. The van der Waals surface area contributed by atoms with Crippen LogP contribution in [0.2, 0.25) is 0 Å². The normalized spacial score (nSPS) is 11.0. The highest BCUT2D eigenvalue weighted by Crippen LogP contribution is 1.95. The molecule has 0 radical (unpaired) electrons. The fourth-order valence-corrected chi connectivity index (χ4v) is 1.79. The first-order chi connectivity index (χ1) is 13.3. The minimum atomic E-state index is -1.14. The molecule has 12 nitrogen and oxygen atoms in total. The molecule has 6 N–H and O–H groups in total. The number of ether oxygens (including phenoxy) is 2. The van der Waals surface area contributed by atoms with E-state index < -0.39 is 24.2 Å². The SMILES string of the molecule is CCOC(=O)NC(=NCCCCNC(=O)CCC(N)C(=O)O)NC(=O)OCC. The molecule has 0 aromatic heterocycles. The summed E-state index contributed by atoms with van der Waals surface area (Å²) in [6, 6.07) is -1.06. The van der Waals surface area contributed by atoms with Crippen molar-refractivity contribution in [1.29, 1.82) is 0 Å². The highest BCUT2D eigenvalue weighted by molar-refractivity contribution is 6.01. The van der Waals surface area contributed by atoms with Gasteiger partial charge in [-0.1, -0.05) is 0 Å². The van der Waals surface area contributed by atoms with Crippen molar-refractivity contribution in [3.8, 4) is 0 Å². The number of guanidine groups is 1. The quantitative estimate of drug-likeness (QED) is 0.180. The Morgan fingerprint density at radius 3 is 2.11 bits per heavy atom. The maximum Gasteiger partial charge on any atom is 0.413 e. The summed E-state index contributed by atoms with van der Waals surface area (Å²) in [5.41, 5.74) is 5.32. The van der Waals surface area contributed by atoms with Crippen LogP contribution in [-0.4, -0.2) is 67.5 Å². The van der Waals surface area contributed by atoms with Gasteiger partial charge in [-0.25, -0.2) is 9.59 Å². The lowest BCUT2D eigenvalue weighted by molar-refractivity contribution is -0.138. The summed E-state index contributed by atoms with van der Waals surface area (Å²) < 4.78 is 9.45. The maximum atomic E-state index is 11.6. The average Bonchev–Trinajstić information content (AvgIpc) is 2.62. The van der Waals surface area contributed by atoms with Crippen LogP contribution in [-0.2, 0) is 19.1 Å². The number of nitrogens with zero attached hydrogens (tertiary/aromatic N) is 1. The lowest BCUT2D eigenvalue weighted by Crippen LogP contribution is -2.44. The summed E-state index contributed by atoms with van der Waals surface area (Å²) >= 11 is 0. The number of nitrogens with two attached hydrogens (primary N) is 1. The van der Waals surface area contributed by atoms with E-state index in [9.17, 15) is 19.2 Å². The largest absolute Gasteiger partial charge is 0.480 e. The summed E-state index contributed by atoms with van der Waals surface area (Å²) in [6.07, 6.45) is -0.272. The molecule has 12 heteroatoms. The molecule has 0 saturated heterocycles. The number of aliphatic imine (C=N–C) groups is 1. The van der Waals surface area contributed by atoms with Gasteiger partial charge in [0.15, 0.2) is 0 Å². The van der Waals surface area contributed by atoms with Gasteiger partial charge >= 0.3 is 18.2 Å². The first-order valence-corrected chi connectivity index (χ1v) is 8.97. The molecule has 1 atom stereocenters. The lowest BCUT2D eigenvalue weighted by atomic mass is 10.1. The third kappa shape index (κ3) is 13.3. The van der Waals surface area contributed by atoms with Crippen LogP contribution in [0.5, 0.6) is 0 Å². The molecule has 1 unspecified atom stereocenters. The van der Waals surface area contributed by atoms with Crippen LogP contribution in [0.25, 0.3) is 0 Å². The summed E-state index contributed by atoms with van der Waals surface area (Å²) in [5.74, 6) is -1.52. The van der Waals surface area contributed by atoms with Crippen LogP contribution >= 0.6 is 0 Å². The van der Waals surface area contributed by atoms with Crippen LogP contribution in [0.4, 0.5) is 9.59 Å². The molecule has 0 rings (SSSR count). The second kappa shape index (κ2) is 15.2.